The highest BCUT2D eigenvalue weighted by Gasteiger charge is 2.42. The molecule has 1 atom stereocenters. The van der Waals surface area contributed by atoms with Gasteiger partial charge in [-0.3, -0.25) is 4.79 Å². The Balaban J connectivity index is 1.65. The molecule has 126 valence electrons. The van der Waals surface area contributed by atoms with Crippen LogP contribution >= 0.6 is 11.8 Å². The number of aliphatic hydroxyl groups excluding tert-OH is 1. The van der Waals surface area contributed by atoms with Gasteiger partial charge >= 0.3 is 0 Å². The number of carbonyl (C=O) groups is 1. The lowest BCUT2D eigenvalue weighted by Crippen LogP contribution is -2.55. The summed E-state index contributed by atoms with van der Waals surface area (Å²) in [6, 6.07) is 4.20. The smallest absolute Gasteiger partial charge is 0.219 e. The number of anilines is 1. The van der Waals surface area contributed by atoms with Crippen LogP contribution in [0.25, 0.3) is 0 Å². The molecule has 1 aromatic rings. The first-order valence-corrected chi connectivity index (χ1v) is 9.42. The van der Waals surface area contributed by atoms with Crippen LogP contribution in [0.4, 0.5) is 5.82 Å². The first kappa shape index (κ1) is 16.6. The van der Waals surface area contributed by atoms with Gasteiger partial charge in [-0.25, -0.2) is 4.98 Å². The van der Waals surface area contributed by atoms with E-state index in [-0.39, 0.29) is 11.3 Å². The zero-order valence-corrected chi connectivity index (χ0v) is 14.7. The monoisotopic (exact) mass is 335 g/mol. The van der Waals surface area contributed by atoms with Crippen molar-refractivity contribution in [3.63, 3.8) is 0 Å². The average Bonchev–Trinajstić information content (AvgIpc) is 2.55. The summed E-state index contributed by atoms with van der Waals surface area (Å²) < 4.78 is 0. The van der Waals surface area contributed by atoms with Crippen LogP contribution in [0.1, 0.15) is 26.2 Å². The predicted molar refractivity (Wildman–Crippen MR) is 92.8 cm³/mol. The van der Waals surface area contributed by atoms with Gasteiger partial charge < -0.3 is 14.9 Å². The third-order valence-electron chi connectivity index (χ3n) is 5.18. The van der Waals surface area contributed by atoms with Crippen molar-refractivity contribution in [1.82, 2.24) is 9.88 Å². The van der Waals surface area contributed by atoms with Gasteiger partial charge in [0.15, 0.2) is 0 Å². The van der Waals surface area contributed by atoms with E-state index in [9.17, 15) is 9.90 Å². The van der Waals surface area contributed by atoms with Crippen molar-refractivity contribution >= 4 is 23.5 Å². The van der Waals surface area contributed by atoms with Gasteiger partial charge in [-0.05, 0) is 43.1 Å². The molecule has 1 unspecified atom stereocenters. The SMILES string of the molecule is CSc1ccc(N2CCC3(CC2)CC(O)CN(C(C)=O)C3)nc1. The number of aliphatic hydroxyl groups is 1. The van der Waals surface area contributed by atoms with Crippen molar-refractivity contribution < 1.29 is 9.90 Å². The van der Waals surface area contributed by atoms with Gasteiger partial charge in [-0.1, -0.05) is 0 Å². The Morgan fingerprint density at radius 1 is 1.39 bits per heavy atom. The number of nitrogens with zero attached hydrogens (tertiary/aromatic N) is 3. The molecule has 0 bridgehead atoms. The fourth-order valence-corrected chi connectivity index (χ4v) is 4.21. The van der Waals surface area contributed by atoms with E-state index in [1.54, 1.807) is 18.7 Å². The highest BCUT2D eigenvalue weighted by molar-refractivity contribution is 7.98. The second kappa shape index (κ2) is 6.69. The Kier molecular flexibility index (Phi) is 4.82. The number of pyridine rings is 1. The standard InChI is InChI=1S/C17H25N3O2S/c1-13(21)20-11-14(22)9-17(12-20)5-7-19(8-6-17)16-4-3-15(23-2)10-18-16/h3-4,10,14,22H,5-9,11-12H2,1-2H3. The van der Waals surface area contributed by atoms with Crippen LogP contribution in [0.3, 0.4) is 0 Å². The highest BCUT2D eigenvalue weighted by atomic mass is 32.2. The van der Waals surface area contributed by atoms with Crippen molar-refractivity contribution in [1.29, 1.82) is 0 Å². The molecule has 2 saturated heterocycles. The van der Waals surface area contributed by atoms with E-state index in [1.165, 1.54) is 4.90 Å². The maximum atomic E-state index is 11.7. The van der Waals surface area contributed by atoms with Crippen LogP contribution in [0.5, 0.6) is 0 Å². The molecular weight excluding hydrogens is 310 g/mol. The third kappa shape index (κ3) is 3.63. The topological polar surface area (TPSA) is 56.7 Å². The van der Waals surface area contributed by atoms with Crippen LogP contribution in [0.2, 0.25) is 0 Å². The molecule has 1 N–H and O–H groups in total. The van der Waals surface area contributed by atoms with Gasteiger partial charge in [0.2, 0.25) is 5.91 Å². The molecule has 2 aliphatic heterocycles. The van der Waals surface area contributed by atoms with E-state index in [0.29, 0.717) is 6.54 Å². The maximum Gasteiger partial charge on any atom is 0.219 e. The summed E-state index contributed by atoms with van der Waals surface area (Å²) in [4.78, 5) is 21.6. The van der Waals surface area contributed by atoms with Gasteiger partial charge in [-0.2, -0.15) is 0 Å². The van der Waals surface area contributed by atoms with Crippen molar-refractivity contribution in [3.8, 4) is 0 Å². The first-order chi connectivity index (χ1) is 11.0. The Bertz CT molecular complexity index is 555. The van der Waals surface area contributed by atoms with E-state index in [2.05, 4.69) is 28.3 Å². The first-order valence-electron chi connectivity index (χ1n) is 8.20. The maximum absolute atomic E-state index is 11.7. The van der Waals surface area contributed by atoms with E-state index in [0.717, 1.165) is 44.7 Å². The molecule has 0 aromatic carbocycles. The lowest BCUT2D eigenvalue weighted by atomic mass is 9.71. The molecule has 2 aliphatic rings. The molecule has 0 saturated carbocycles. The number of amides is 1. The summed E-state index contributed by atoms with van der Waals surface area (Å²) in [5.74, 6) is 1.09. The van der Waals surface area contributed by atoms with Gasteiger partial charge in [0, 0.05) is 44.2 Å². The molecular formula is C17H25N3O2S. The Hall–Kier alpha value is -1.27. The molecule has 5 nitrogen and oxygen atoms in total. The minimum Gasteiger partial charge on any atom is -0.391 e. The predicted octanol–water partition coefficient (Wildman–Crippen LogP) is 2.00. The van der Waals surface area contributed by atoms with Crippen LogP contribution in [0.15, 0.2) is 23.2 Å². The summed E-state index contributed by atoms with van der Waals surface area (Å²) in [5, 5.41) is 10.2. The molecule has 23 heavy (non-hydrogen) atoms. The fourth-order valence-electron chi connectivity index (χ4n) is 3.85. The number of carbonyl (C=O) groups excluding carboxylic acids is 1. The van der Waals surface area contributed by atoms with E-state index in [4.69, 9.17) is 0 Å². The van der Waals surface area contributed by atoms with Gasteiger partial charge in [0.25, 0.3) is 0 Å². The molecule has 3 rings (SSSR count). The van der Waals surface area contributed by atoms with Crippen molar-refractivity contribution in [2.45, 2.75) is 37.2 Å². The van der Waals surface area contributed by atoms with E-state index in [1.807, 2.05) is 11.1 Å². The minimum absolute atomic E-state index is 0.0685. The van der Waals surface area contributed by atoms with Gasteiger partial charge in [0.1, 0.15) is 5.82 Å². The molecule has 0 aliphatic carbocycles. The number of likely N-dealkylation sites (tertiary alicyclic amines) is 1. The molecule has 1 amide bonds. The van der Waals surface area contributed by atoms with Crippen molar-refractivity contribution in [2.24, 2.45) is 5.41 Å². The van der Waals surface area contributed by atoms with Crippen LogP contribution in [-0.4, -0.2) is 59.4 Å². The molecule has 1 spiro atoms. The second-order valence-corrected chi connectivity index (χ2v) is 7.68. The number of rotatable bonds is 2. The van der Waals surface area contributed by atoms with Crippen molar-refractivity contribution in [2.75, 3.05) is 37.3 Å². The summed E-state index contributed by atoms with van der Waals surface area (Å²) in [6.45, 7) is 4.73. The third-order valence-corrected chi connectivity index (χ3v) is 5.89. The quantitative estimate of drug-likeness (QED) is 0.838. The lowest BCUT2D eigenvalue weighted by molar-refractivity contribution is -0.137. The molecule has 1 aromatic heterocycles. The van der Waals surface area contributed by atoms with Crippen LogP contribution in [0, 0.1) is 5.41 Å². The number of piperidine rings is 2. The van der Waals surface area contributed by atoms with E-state index < -0.39 is 6.10 Å². The fraction of sp³-hybridized carbons (Fsp3) is 0.647. The van der Waals surface area contributed by atoms with E-state index >= 15 is 0 Å². The normalized spacial score (nSPS) is 24.0. The van der Waals surface area contributed by atoms with Crippen LogP contribution < -0.4 is 4.90 Å². The summed E-state index contributed by atoms with van der Waals surface area (Å²) in [7, 11) is 0. The zero-order chi connectivity index (χ0) is 16.4. The largest absolute Gasteiger partial charge is 0.391 e. The number of β-amino-alcohol motifs (C(OH)–C–C–N with tert-alkyl or cyclic N) is 1. The van der Waals surface area contributed by atoms with Gasteiger partial charge in [0.05, 0.1) is 6.10 Å². The molecule has 3 heterocycles. The summed E-state index contributed by atoms with van der Waals surface area (Å²) in [6.07, 6.45) is 6.39. The lowest BCUT2D eigenvalue weighted by Gasteiger charge is -2.49. The highest BCUT2D eigenvalue weighted by Crippen LogP contribution is 2.40. The Morgan fingerprint density at radius 2 is 2.13 bits per heavy atom. The average molecular weight is 335 g/mol. The number of thioether (sulfide) groups is 1. The Morgan fingerprint density at radius 3 is 2.70 bits per heavy atom. The zero-order valence-electron chi connectivity index (χ0n) is 13.9. The summed E-state index contributed by atoms with van der Waals surface area (Å²) in [5.41, 5.74) is 0.0685. The number of hydrogen-bond acceptors (Lipinski definition) is 5. The Labute approximate surface area is 142 Å². The molecule has 0 radical (unpaired) electrons. The molecule has 6 heteroatoms. The van der Waals surface area contributed by atoms with Crippen molar-refractivity contribution in [3.05, 3.63) is 18.3 Å². The number of aromatic nitrogens is 1. The van der Waals surface area contributed by atoms with Gasteiger partial charge in [-0.15, -0.1) is 11.8 Å². The number of hydrogen-bond donors (Lipinski definition) is 1. The summed E-state index contributed by atoms with van der Waals surface area (Å²) >= 11 is 1.70. The molecule has 2 fully saturated rings. The van der Waals surface area contributed by atoms with Crippen LogP contribution in [-0.2, 0) is 4.79 Å². The second-order valence-electron chi connectivity index (χ2n) is 6.80. The minimum atomic E-state index is -0.391.